The Kier molecular flexibility index (Phi) is 6.16. The zero-order chi connectivity index (χ0) is 12.0. The van der Waals surface area contributed by atoms with Crippen LogP contribution in [0.5, 0.6) is 0 Å². The smallest absolute Gasteiger partial charge is 0.0318 e. The van der Waals surface area contributed by atoms with Gasteiger partial charge in [0.15, 0.2) is 0 Å². The summed E-state index contributed by atoms with van der Waals surface area (Å²) in [6.07, 6.45) is 12.2. The molecule has 1 atom stereocenters. The number of allylic oxidation sites excluding steroid dienone is 2. The Hall–Kier alpha value is -0.260. The molecule has 0 heterocycles. The summed E-state index contributed by atoms with van der Waals surface area (Å²) in [7, 11) is 0. The lowest BCUT2D eigenvalue weighted by Gasteiger charge is -2.29. The first-order valence-corrected chi connectivity index (χ1v) is 7.35. The van der Waals surface area contributed by atoms with E-state index in [1.807, 2.05) is 0 Å². The second-order valence-corrected chi connectivity index (χ2v) is 5.86. The number of hydrogen-bond acceptors (Lipinski definition) is 0. The fourth-order valence-electron chi connectivity index (χ4n) is 3.12. The van der Waals surface area contributed by atoms with Crippen LogP contribution in [0.3, 0.4) is 0 Å². The molecule has 0 aromatic carbocycles. The van der Waals surface area contributed by atoms with Crippen LogP contribution in [0.4, 0.5) is 0 Å². The van der Waals surface area contributed by atoms with Crippen LogP contribution < -0.4 is 0 Å². The minimum atomic E-state index is 0.873. The maximum Gasteiger partial charge on any atom is -0.0318 e. The van der Waals surface area contributed by atoms with Gasteiger partial charge in [-0.3, -0.25) is 0 Å². The summed E-state index contributed by atoms with van der Waals surface area (Å²) in [6, 6.07) is 0. The van der Waals surface area contributed by atoms with Gasteiger partial charge in [-0.2, -0.15) is 0 Å². The van der Waals surface area contributed by atoms with Crippen LogP contribution in [0.25, 0.3) is 0 Å². The van der Waals surface area contributed by atoms with Gasteiger partial charge in [0, 0.05) is 0 Å². The van der Waals surface area contributed by atoms with Crippen molar-refractivity contribution in [3.8, 4) is 0 Å². The highest BCUT2D eigenvalue weighted by atomic mass is 14.3. The minimum Gasteiger partial charge on any atom is -0.0856 e. The van der Waals surface area contributed by atoms with Gasteiger partial charge in [0.05, 0.1) is 0 Å². The maximum atomic E-state index is 2.45. The molecule has 0 aliphatic heterocycles. The van der Waals surface area contributed by atoms with Crippen molar-refractivity contribution >= 4 is 0 Å². The minimum absolute atomic E-state index is 0.873. The fraction of sp³-hybridized carbons (Fsp3) is 0.875. The molecule has 0 amide bonds. The Morgan fingerprint density at radius 2 is 1.81 bits per heavy atom. The lowest BCUT2D eigenvalue weighted by atomic mass is 9.77. The van der Waals surface area contributed by atoms with Gasteiger partial charge in [0.1, 0.15) is 0 Å². The second kappa shape index (κ2) is 7.14. The predicted octanol–water partition coefficient (Wildman–Crippen LogP) is 5.59. The Balaban J connectivity index is 2.33. The Bertz CT molecular complexity index is 202. The number of rotatable bonds is 5. The average molecular weight is 222 g/mol. The molecule has 0 bridgehead atoms. The van der Waals surface area contributed by atoms with E-state index in [0.717, 1.165) is 17.8 Å². The van der Waals surface area contributed by atoms with Crippen LogP contribution >= 0.6 is 0 Å². The Morgan fingerprint density at radius 1 is 1.19 bits per heavy atom. The second-order valence-electron chi connectivity index (χ2n) is 5.86. The zero-order valence-electron chi connectivity index (χ0n) is 11.8. The summed E-state index contributed by atoms with van der Waals surface area (Å²) in [5.41, 5.74) is 1.73. The molecule has 1 aliphatic carbocycles. The molecule has 1 saturated carbocycles. The molecule has 1 unspecified atom stereocenters. The Morgan fingerprint density at radius 3 is 2.25 bits per heavy atom. The molecule has 1 fully saturated rings. The van der Waals surface area contributed by atoms with Crippen LogP contribution in [-0.2, 0) is 0 Å². The highest BCUT2D eigenvalue weighted by Gasteiger charge is 2.21. The molecule has 0 aromatic heterocycles. The van der Waals surface area contributed by atoms with E-state index in [-0.39, 0.29) is 0 Å². The van der Waals surface area contributed by atoms with Gasteiger partial charge in [-0.1, -0.05) is 45.8 Å². The van der Waals surface area contributed by atoms with Crippen LogP contribution in [-0.4, -0.2) is 0 Å². The van der Waals surface area contributed by atoms with Crippen molar-refractivity contribution in [2.45, 2.75) is 72.6 Å². The summed E-state index contributed by atoms with van der Waals surface area (Å²) < 4.78 is 0. The van der Waals surface area contributed by atoms with Crippen molar-refractivity contribution in [2.24, 2.45) is 17.8 Å². The van der Waals surface area contributed by atoms with E-state index in [4.69, 9.17) is 0 Å². The molecule has 0 N–H and O–H groups in total. The van der Waals surface area contributed by atoms with Crippen molar-refractivity contribution in [3.05, 3.63) is 11.6 Å². The van der Waals surface area contributed by atoms with Gasteiger partial charge in [-0.25, -0.2) is 0 Å². The third-order valence-corrected chi connectivity index (χ3v) is 4.34. The van der Waals surface area contributed by atoms with E-state index in [1.54, 1.807) is 5.57 Å². The lowest BCUT2D eigenvalue weighted by Crippen LogP contribution is -2.16. The first-order chi connectivity index (χ1) is 7.67. The van der Waals surface area contributed by atoms with Crippen molar-refractivity contribution < 1.29 is 0 Å². The highest BCUT2D eigenvalue weighted by molar-refractivity contribution is 5.04. The molecular weight excluding hydrogens is 192 g/mol. The van der Waals surface area contributed by atoms with Crippen molar-refractivity contribution in [1.29, 1.82) is 0 Å². The predicted molar refractivity (Wildman–Crippen MR) is 73.6 cm³/mol. The van der Waals surface area contributed by atoms with E-state index in [9.17, 15) is 0 Å². The van der Waals surface area contributed by atoms with Gasteiger partial charge in [0.25, 0.3) is 0 Å². The van der Waals surface area contributed by atoms with Crippen LogP contribution in [0.1, 0.15) is 72.6 Å². The standard InChI is InChI=1S/C16H30/c1-5-7-14-8-10-15(11-9-14)12-16(6-2)13(3)4/h7,13,15-16H,5-6,8-12H2,1-4H3. The van der Waals surface area contributed by atoms with Crippen molar-refractivity contribution in [1.82, 2.24) is 0 Å². The quantitative estimate of drug-likeness (QED) is 0.532. The van der Waals surface area contributed by atoms with Crippen molar-refractivity contribution in [2.75, 3.05) is 0 Å². The van der Waals surface area contributed by atoms with Gasteiger partial charge in [-0.05, 0) is 56.3 Å². The molecule has 0 nitrogen and oxygen atoms in total. The largest absolute Gasteiger partial charge is 0.0856 e. The van der Waals surface area contributed by atoms with Crippen LogP contribution in [0.2, 0.25) is 0 Å². The van der Waals surface area contributed by atoms with E-state index in [2.05, 4.69) is 33.8 Å². The first-order valence-electron chi connectivity index (χ1n) is 7.35. The third kappa shape index (κ3) is 4.31. The van der Waals surface area contributed by atoms with Gasteiger partial charge in [-0.15, -0.1) is 0 Å². The molecule has 0 radical (unpaired) electrons. The molecule has 16 heavy (non-hydrogen) atoms. The maximum absolute atomic E-state index is 2.45. The SMILES string of the molecule is CCC=C1CCC(CC(CC)C(C)C)CC1. The molecule has 0 saturated heterocycles. The topological polar surface area (TPSA) is 0 Å². The summed E-state index contributed by atoms with van der Waals surface area (Å²) >= 11 is 0. The zero-order valence-corrected chi connectivity index (χ0v) is 11.8. The van der Waals surface area contributed by atoms with E-state index >= 15 is 0 Å². The molecule has 0 aromatic rings. The third-order valence-electron chi connectivity index (χ3n) is 4.34. The molecule has 94 valence electrons. The molecule has 0 heteroatoms. The summed E-state index contributed by atoms with van der Waals surface area (Å²) in [5, 5.41) is 0. The molecule has 0 spiro atoms. The normalized spacial score (nSPS) is 23.6. The van der Waals surface area contributed by atoms with Crippen molar-refractivity contribution in [3.63, 3.8) is 0 Å². The summed E-state index contributed by atoms with van der Waals surface area (Å²) in [5.74, 6) is 2.85. The van der Waals surface area contributed by atoms with Gasteiger partial charge >= 0.3 is 0 Å². The van der Waals surface area contributed by atoms with Crippen LogP contribution in [0, 0.1) is 17.8 Å². The lowest BCUT2D eigenvalue weighted by molar-refractivity contribution is 0.258. The Labute approximate surface area is 103 Å². The monoisotopic (exact) mass is 222 g/mol. The van der Waals surface area contributed by atoms with E-state index < -0.39 is 0 Å². The van der Waals surface area contributed by atoms with Gasteiger partial charge < -0.3 is 0 Å². The molecule has 1 aliphatic rings. The number of hydrogen-bond donors (Lipinski definition) is 0. The van der Waals surface area contributed by atoms with E-state index in [0.29, 0.717) is 0 Å². The molecular formula is C16H30. The van der Waals surface area contributed by atoms with E-state index in [1.165, 1.54) is 44.9 Å². The molecule has 1 rings (SSSR count). The first kappa shape index (κ1) is 13.8. The summed E-state index contributed by atoms with van der Waals surface area (Å²) in [4.78, 5) is 0. The average Bonchev–Trinajstić information content (AvgIpc) is 2.28. The van der Waals surface area contributed by atoms with Crippen LogP contribution in [0.15, 0.2) is 11.6 Å². The summed E-state index contributed by atoms with van der Waals surface area (Å²) in [6.45, 7) is 9.39. The highest BCUT2D eigenvalue weighted by Crippen LogP contribution is 2.35. The fourth-order valence-corrected chi connectivity index (χ4v) is 3.12. The van der Waals surface area contributed by atoms with Gasteiger partial charge in [0.2, 0.25) is 0 Å².